The number of aryl methyl sites for hydroxylation is 1. The van der Waals surface area contributed by atoms with Crippen LogP contribution in [-0.4, -0.2) is 5.11 Å². The summed E-state index contributed by atoms with van der Waals surface area (Å²) in [5, 5.41) is 8.92. The van der Waals surface area contributed by atoms with E-state index in [4.69, 9.17) is 5.11 Å². The molecule has 0 aromatic heterocycles. The van der Waals surface area contributed by atoms with E-state index in [2.05, 4.69) is 20.8 Å². The number of hydrogen-bond acceptors (Lipinski definition) is 1. The maximum absolute atomic E-state index is 8.92. The molecule has 2 heteroatoms. The van der Waals surface area contributed by atoms with Gasteiger partial charge in [0.05, 0.1) is 0 Å². The van der Waals surface area contributed by atoms with Crippen molar-refractivity contribution in [1.82, 2.24) is 0 Å². The van der Waals surface area contributed by atoms with Crippen LogP contribution in [0.2, 0.25) is 0 Å². The molecule has 0 bridgehead atoms. The van der Waals surface area contributed by atoms with E-state index in [1.165, 1.54) is 0 Å². The summed E-state index contributed by atoms with van der Waals surface area (Å²) < 4.78 is 0. The first-order valence-corrected chi connectivity index (χ1v) is 9.34. The van der Waals surface area contributed by atoms with Gasteiger partial charge in [-0.25, -0.2) is 0 Å². The second kappa shape index (κ2) is 17.1. The van der Waals surface area contributed by atoms with Gasteiger partial charge in [0.25, 0.3) is 0 Å². The Hall–Kier alpha value is -2.83. The van der Waals surface area contributed by atoms with Crippen LogP contribution in [0.15, 0.2) is 115 Å². The van der Waals surface area contributed by atoms with Crippen molar-refractivity contribution >= 4 is 0 Å². The number of hydrogen-bond donors (Lipinski definition) is 1. The molecule has 0 saturated carbocycles. The molecular weight excluding hydrogens is 444 g/mol. The van der Waals surface area contributed by atoms with Gasteiger partial charge in [-0.2, -0.15) is 73.9 Å². The van der Waals surface area contributed by atoms with Crippen molar-refractivity contribution in [2.45, 2.75) is 6.92 Å². The molecule has 0 spiro atoms. The van der Waals surface area contributed by atoms with Gasteiger partial charge in [0.1, 0.15) is 5.75 Å². The number of rotatable bonds is 0. The average molecular weight is 473 g/mol. The van der Waals surface area contributed by atoms with Crippen molar-refractivity contribution in [3.8, 4) is 5.75 Å². The zero-order valence-corrected chi connectivity index (χ0v) is 20.0. The smallest absolute Gasteiger partial charge is 0.508 e. The van der Waals surface area contributed by atoms with E-state index in [1.54, 1.807) is 6.07 Å². The van der Waals surface area contributed by atoms with Gasteiger partial charge in [0, 0.05) is 0 Å². The number of phenolic OH excluding ortho intramolecular Hbond substituents is 1. The first-order valence-electron chi connectivity index (χ1n) is 9.34. The molecule has 0 aliphatic rings. The van der Waals surface area contributed by atoms with E-state index in [1.807, 2.05) is 116 Å². The van der Waals surface area contributed by atoms with Crippen LogP contribution in [0.4, 0.5) is 0 Å². The third-order valence-electron chi connectivity index (χ3n) is 3.64. The summed E-state index contributed by atoms with van der Waals surface area (Å²) in [7, 11) is 0. The minimum absolute atomic E-state index is 0. The summed E-state index contributed by atoms with van der Waals surface area (Å²) in [6, 6.07) is 36.9. The van der Waals surface area contributed by atoms with E-state index >= 15 is 0 Å². The van der Waals surface area contributed by atoms with Gasteiger partial charge < -0.3 is 5.11 Å². The van der Waals surface area contributed by atoms with Crippen LogP contribution in [-0.2, 0) is 26.2 Å². The van der Waals surface area contributed by atoms with E-state index in [0.717, 1.165) is 22.3 Å². The molecule has 151 valence electrons. The van der Waals surface area contributed by atoms with E-state index in [9.17, 15) is 0 Å². The van der Waals surface area contributed by atoms with Crippen molar-refractivity contribution in [2.24, 2.45) is 0 Å². The van der Waals surface area contributed by atoms with E-state index < -0.39 is 0 Å². The van der Waals surface area contributed by atoms with Crippen LogP contribution in [0.25, 0.3) is 0 Å². The maximum atomic E-state index is 8.92. The van der Waals surface area contributed by atoms with Crippen LogP contribution >= 0.6 is 0 Å². The molecule has 4 aromatic carbocycles. The monoisotopic (exact) mass is 471 g/mol. The van der Waals surface area contributed by atoms with Crippen LogP contribution < -0.4 is 0 Å². The quantitative estimate of drug-likeness (QED) is 0.266. The average Bonchev–Trinajstić information content (AvgIpc) is 2.73. The van der Waals surface area contributed by atoms with Gasteiger partial charge in [-0.1, -0.05) is 36.4 Å². The zero-order valence-electron chi connectivity index (χ0n) is 17.5. The number of benzene rings is 4. The summed E-state index contributed by atoms with van der Waals surface area (Å²) >= 11 is 0. The van der Waals surface area contributed by atoms with Crippen molar-refractivity contribution in [3.05, 3.63) is 158 Å². The molecule has 0 amide bonds. The van der Waals surface area contributed by atoms with Crippen LogP contribution in [0.1, 0.15) is 22.3 Å². The third-order valence-corrected chi connectivity index (χ3v) is 3.64. The molecule has 1 N–H and O–H groups in total. The second-order valence-corrected chi connectivity index (χ2v) is 6.24. The first kappa shape index (κ1) is 27.2. The Bertz CT molecular complexity index is 781. The standard InChI is InChI=1S/C7H8O.3C7H7.Zr/c1-6-4-2-3-5-7(6)8;3*1-7-5-3-2-4-6-7;/h2-5,8H,1H3;3*2-6H,1H2;/q;3*-1;+3. The molecule has 30 heavy (non-hydrogen) atoms. The third kappa shape index (κ3) is 14.2. The molecule has 4 rings (SSSR count). The Morgan fingerprint density at radius 3 is 0.900 bits per heavy atom. The fraction of sp³-hybridized carbons (Fsp3) is 0.0357. The molecule has 0 fully saturated rings. The summed E-state index contributed by atoms with van der Waals surface area (Å²) in [6.07, 6.45) is 0. The van der Waals surface area contributed by atoms with E-state index in [0.29, 0.717) is 5.75 Å². The number of para-hydroxylation sites is 1. The van der Waals surface area contributed by atoms with Gasteiger partial charge in [-0.15, -0.1) is 36.4 Å². The summed E-state index contributed by atoms with van der Waals surface area (Å²) in [6.45, 7) is 13.0. The largest absolute Gasteiger partial charge is 3.00 e. The van der Waals surface area contributed by atoms with Gasteiger partial charge in [-0.05, 0) is 18.6 Å². The Morgan fingerprint density at radius 1 is 0.467 bits per heavy atom. The van der Waals surface area contributed by atoms with Crippen molar-refractivity contribution in [3.63, 3.8) is 0 Å². The minimum atomic E-state index is 0. The van der Waals surface area contributed by atoms with Crippen LogP contribution in [0.3, 0.4) is 0 Å². The first-order chi connectivity index (χ1) is 14.0. The summed E-state index contributed by atoms with van der Waals surface area (Å²) in [5.41, 5.74) is 4.14. The van der Waals surface area contributed by atoms with Crippen LogP contribution in [0, 0.1) is 27.7 Å². The van der Waals surface area contributed by atoms with Gasteiger partial charge in [0.15, 0.2) is 0 Å². The molecule has 0 aliphatic heterocycles. The molecule has 1 nitrogen and oxygen atoms in total. The molecule has 0 unspecified atom stereocenters. The fourth-order valence-corrected chi connectivity index (χ4v) is 2.00. The SMILES string of the molecule is Cc1ccccc1O.[CH2-]c1ccccc1.[CH2-]c1ccccc1.[CH2-]c1ccccc1.[Zr+3]. The van der Waals surface area contributed by atoms with Crippen molar-refractivity contribution in [1.29, 1.82) is 0 Å². The fourth-order valence-electron chi connectivity index (χ4n) is 2.00. The Morgan fingerprint density at radius 2 is 0.733 bits per heavy atom. The Kier molecular flexibility index (Phi) is 15.5. The molecule has 4 aromatic rings. The van der Waals surface area contributed by atoms with Gasteiger partial charge in [0.2, 0.25) is 0 Å². The molecule has 0 heterocycles. The molecule has 1 radical (unpaired) electrons. The molecule has 0 atom stereocenters. The van der Waals surface area contributed by atoms with Gasteiger partial charge >= 0.3 is 26.2 Å². The molecular formula is C28H29OZr. The van der Waals surface area contributed by atoms with Gasteiger partial charge in [-0.3, -0.25) is 0 Å². The zero-order chi connectivity index (χ0) is 21.3. The minimum Gasteiger partial charge on any atom is -0.508 e. The number of aromatic hydroxyl groups is 1. The Labute approximate surface area is 201 Å². The molecule has 0 saturated heterocycles. The Balaban J connectivity index is 0.000000370. The summed E-state index contributed by atoms with van der Waals surface area (Å²) in [4.78, 5) is 0. The van der Waals surface area contributed by atoms with Crippen molar-refractivity contribution in [2.75, 3.05) is 0 Å². The normalized spacial score (nSPS) is 8.43. The van der Waals surface area contributed by atoms with Crippen LogP contribution in [0.5, 0.6) is 5.75 Å². The maximum Gasteiger partial charge on any atom is 3.00 e. The number of phenols is 1. The molecule has 0 aliphatic carbocycles. The predicted octanol–water partition coefficient (Wildman–Crippen LogP) is 7.30. The predicted molar refractivity (Wildman–Crippen MR) is 126 cm³/mol. The van der Waals surface area contributed by atoms with Crippen molar-refractivity contribution < 1.29 is 31.3 Å². The summed E-state index contributed by atoms with van der Waals surface area (Å²) in [5.74, 6) is 0.368. The topological polar surface area (TPSA) is 20.2 Å². The van der Waals surface area contributed by atoms with E-state index in [-0.39, 0.29) is 26.2 Å². The second-order valence-electron chi connectivity index (χ2n) is 6.24.